The van der Waals surface area contributed by atoms with Gasteiger partial charge >= 0.3 is 0 Å². The van der Waals surface area contributed by atoms with Gasteiger partial charge in [-0.25, -0.2) is 15.0 Å². The molecule has 158 valence electrons. The Hall–Kier alpha value is -3.39. The van der Waals surface area contributed by atoms with E-state index in [-0.39, 0.29) is 12.5 Å². The minimum absolute atomic E-state index is 0.0488. The molecule has 0 radical (unpaired) electrons. The molecule has 3 aromatic rings. The van der Waals surface area contributed by atoms with Crippen molar-refractivity contribution >= 4 is 29.0 Å². The number of likely N-dealkylation sites (tertiary alicyclic amines) is 1. The Balaban J connectivity index is 1.45. The number of carbonyl (C=O) groups is 1. The molecule has 1 fully saturated rings. The summed E-state index contributed by atoms with van der Waals surface area (Å²) in [7, 11) is 0. The average molecular weight is 433 g/mol. The summed E-state index contributed by atoms with van der Waals surface area (Å²) in [6.45, 7) is 3.77. The van der Waals surface area contributed by atoms with Gasteiger partial charge in [0.15, 0.2) is 5.82 Å². The van der Waals surface area contributed by atoms with Crippen LogP contribution in [0.4, 0.5) is 0 Å². The fourth-order valence-electron chi connectivity index (χ4n) is 3.43. The van der Waals surface area contributed by atoms with E-state index in [0.717, 1.165) is 52.5 Å². The number of nitrogens with two attached hydrogens (primary N) is 1. The molecule has 0 aliphatic carbocycles. The zero-order valence-electron chi connectivity index (χ0n) is 17.4. The molecule has 8 heteroatoms. The predicted molar refractivity (Wildman–Crippen MR) is 125 cm³/mol. The first-order valence-electron chi connectivity index (χ1n) is 10.2. The van der Waals surface area contributed by atoms with E-state index in [2.05, 4.69) is 32.1 Å². The summed E-state index contributed by atoms with van der Waals surface area (Å²) >= 11 is 1.66. The van der Waals surface area contributed by atoms with Crippen LogP contribution in [0.3, 0.4) is 0 Å². The molecule has 0 saturated carbocycles. The van der Waals surface area contributed by atoms with E-state index in [4.69, 9.17) is 5.73 Å². The predicted octanol–water partition coefficient (Wildman–Crippen LogP) is 3.57. The fraction of sp³-hybridized carbons (Fsp3) is 0.261. The van der Waals surface area contributed by atoms with Gasteiger partial charge in [0.05, 0.1) is 9.88 Å². The molecule has 0 unspecified atom stereocenters. The first-order chi connectivity index (χ1) is 15.1. The molecule has 1 aliphatic rings. The van der Waals surface area contributed by atoms with E-state index in [1.807, 2.05) is 30.2 Å². The number of benzene rings is 1. The summed E-state index contributed by atoms with van der Waals surface area (Å²) < 4.78 is 0. The van der Waals surface area contributed by atoms with Gasteiger partial charge in [0.1, 0.15) is 6.54 Å². The molecule has 1 aliphatic heterocycles. The van der Waals surface area contributed by atoms with Gasteiger partial charge in [-0.15, -0.1) is 11.3 Å². The van der Waals surface area contributed by atoms with Crippen LogP contribution in [0.5, 0.6) is 0 Å². The molecule has 0 bridgehead atoms. The van der Waals surface area contributed by atoms with Crippen LogP contribution in [0, 0.1) is 6.92 Å². The van der Waals surface area contributed by atoms with E-state index in [1.165, 1.54) is 6.20 Å². The average Bonchev–Trinajstić information content (AvgIpc) is 3.49. The normalized spacial score (nSPS) is 14.5. The molecular formula is C23H24N6OS. The third-order valence-corrected chi connectivity index (χ3v) is 6.07. The van der Waals surface area contributed by atoms with E-state index in [0.29, 0.717) is 11.4 Å². The molecule has 0 spiro atoms. The molecule has 2 N–H and O–H groups in total. The Labute approximate surface area is 185 Å². The molecule has 7 nitrogen and oxygen atoms in total. The lowest BCUT2D eigenvalue weighted by molar-refractivity contribution is -0.128. The van der Waals surface area contributed by atoms with Gasteiger partial charge in [-0.3, -0.25) is 9.79 Å². The van der Waals surface area contributed by atoms with E-state index in [9.17, 15) is 4.79 Å². The Bertz CT molecular complexity index is 1110. The van der Waals surface area contributed by atoms with Crippen LogP contribution in [-0.4, -0.2) is 51.6 Å². The van der Waals surface area contributed by atoms with Crippen LogP contribution in [0.15, 0.2) is 54.0 Å². The molecule has 3 heterocycles. The number of nitrogens with zero attached hydrogens (tertiary/aromatic N) is 5. The molecule has 4 rings (SSSR count). The third-order valence-electron chi connectivity index (χ3n) is 5.11. The minimum atomic E-state index is 0.0488. The topological polar surface area (TPSA) is 97.4 Å². The Morgan fingerprint density at radius 2 is 1.90 bits per heavy atom. The van der Waals surface area contributed by atoms with Crippen LogP contribution in [0.1, 0.15) is 23.4 Å². The van der Waals surface area contributed by atoms with E-state index in [1.54, 1.807) is 29.9 Å². The van der Waals surface area contributed by atoms with Crippen molar-refractivity contribution in [1.82, 2.24) is 19.9 Å². The van der Waals surface area contributed by atoms with Crippen molar-refractivity contribution in [3.8, 4) is 21.8 Å². The molecule has 1 amide bonds. The van der Waals surface area contributed by atoms with Crippen molar-refractivity contribution < 1.29 is 4.79 Å². The zero-order valence-corrected chi connectivity index (χ0v) is 18.2. The highest BCUT2D eigenvalue weighted by atomic mass is 32.1. The lowest BCUT2D eigenvalue weighted by Gasteiger charge is -2.13. The molecule has 2 aromatic heterocycles. The fourth-order valence-corrected chi connectivity index (χ4v) is 4.21. The first-order valence-corrected chi connectivity index (χ1v) is 11.0. The maximum atomic E-state index is 12.1. The first kappa shape index (κ1) is 20.9. The lowest BCUT2D eigenvalue weighted by atomic mass is 10.1. The summed E-state index contributed by atoms with van der Waals surface area (Å²) in [4.78, 5) is 32.7. The van der Waals surface area contributed by atoms with Gasteiger partial charge in [-0.2, -0.15) is 0 Å². The minimum Gasteiger partial charge on any atom is -0.404 e. The third kappa shape index (κ3) is 5.03. The zero-order chi connectivity index (χ0) is 21.6. The van der Waals surface area contributed by atoms with Crippen molar-refractivity contribution in [1.29, 1.82) is 0 Å². The smallest absolute Gasteiger partial charge is 0.244 e. The number of rotatable bonds is 6. The highest BCUT2D eigenvalue weighted by Gasteiger charge is 2.16. The Kier molecular flexibility index (Phi) is 6.47. The Morgan fingerprint density at radius 3 is 2.58 bits per heavy atom. The van der Waals surface area contributed by atoms with E-state index >= 15 is 0 Å². The number of hydrogen-bond donors (Lipinski definition) is 1. The van der Waals surface area contributed by atoms with Gasteiger partial charge in [0.2, 0.25) is 5.91 Å². The van der Waals surface area contributed by atoms with Crippen LogP contribution >= 0.6 is 11.3 Å². The summed E-state index contributed by atoms with van der Waals surface area (Å²) in [5.74, 6) is 0.678. The van der Waals surface area contributed by atoms with Crippen LogP contribution in [0.25, 0.3) is 27.4 Å². The summed E-state index contributed by atoms with van der Waals surface area (Å²) in [5, 5.41) is 1.03. The molecule has 0 atom stereocenters. The molecule has 1 aromatic carbocycles. The number of allylic oxidation sites excluding steroid dienone is 1. The van der Waals surface area contributed by atoms with Crippen molar-refractivity contribution in [3.63, 3.8) is 0 Å². The van der Waals surface area contributed by atoms with Crippen molar-refractivity contribution in [2.24, 2.45) is 10.7 Å². The monoisotopic (exact) mass is 432 g/mol. The van der Waals surface area contributed by atoms with E-state index < -0.39 is 0 Å². The maximum Gasteiger partial charge on any atom is 0.244 e. The van der Waals surface area contributed by atoms with Crippen molar-refractivity contribution in [2.75, 3.05) is 19.6 Å². The van der Waals surface area contributed by atoms with Gasteiger partial charge in [-0.05, 0) is 31.4 Å². The number of carbonyl (C=O) groups excluding carboxylic acids is 1. The number of thiazole rings is 1. The van der Waals surface area contributed by atoms with Crippen LogP contribution in [-0.2, 0) is 4.79 Å². The van der Waals surface area contributed by atoms with Gasteiger partial charge in [-0.1, -0.05) is 18.2 Å². The number of amides is 1. The quantitative estimate of drug-likeness (QED) is 0.601. The van der Waals surface area contributed by atoms with Gasteiger partial charge in [0.25, 0.3) is 0 Å². The second-order valence-corrected chi connectivity index (χ2v) is 8.53. The number of aromatic nitrogens is 3. The largest absolute Gasteiger partial charge is 0.404 e. The summed E-state index contributed by atoms with van der Waals surface area (Å²) in [5.41, 5.74) is 9.21. The number of aliphatic imine (C=N–C) groups is 1. The SMILES string of the molecule is Cc1ncc(-c2cccc(-c3ncc(C(C=NCC(=O)N4CCCC4)=CN)cn3)c2)s1. The highest BCUT2D eigenvalue weighted by Crippen LogP contribution is 2.28. The van der Waals surface area contributed by atoms with Crippen molar-refractivity contribution in [2.45, 2.75) is 19.8 Å². The maximum absolute atomic E-state index is 12.1. The summed E-state index contributed by atoms with van der Waals surface area (Å²) in [6, 6.07) is 8.09. The second-order valence-electron chi connectivity index (χ2n) is 7.30. The highest BCUT2D eigenvalue weighted by molar-refractivity contribution is 7.15. The summed E-state index contributed by atoms with van der Waals surface area (Å²) in [6.07, 6.45) is 10.5. The second kappa shape index (κ2) is 9.61. The number of aryl methyl sites for hydroxylation is 1. The van der Waals surface area contributed by atoms with Crippen LogP contribution < -0.4 is 5.73 Å². The standard InChI is InChI=1S/C23H24N6OS/c1-16-26-14-21(31-16)17-5-4-6-18(9-17)23-27-12-20(13-28-23)19(10-24)11-25-15-22(30)29-7-2-3-8-29/h4-6,9-14H,2-3,7-8,15,24H2,1H3. The van der Waals surface area contributed by atoms with Crippen LogP contribution in [0.2, 0.25) is 0 Å². The van der Waals surface area contributed by atoms with Gasteiger partial charge in [0, 0.05) is 60.8 Å². The van der Waals surface area contributed by atoms with Gasteiger partial charge < -0.3 is 10.6 Å². The molecule has 1 saturated heterocycles. The molecule has 31 heavy (non-hydrogen) atoms. The molecular weight excluding hydrogens is 408 g/mol. The lowest BCUT2D eigenvalue weighted by Crippen LogP contribution is -2.29. The Morgan fingerprint density at radius 1 is 1.16 bits per heavy atom. The number of hydrogen-bond acceptors (Lipinski definition) is 7. The van der Waals surface area contributed by atoms with Crippen molar-refractivity contribution in [3.05, 3.63) is 59.6 Å².